The fourth-order valence-corrected chi connectivity index (χ4v) is 2.24. The Hall–Kier alpha value is -0.760. The Kier molecular flexibility index (Phi) is 4.50. The van der Waals surface area contributed by atoms with Gasteiger partial charge in [0.1, 0.15) is 11.6 Å². The Balaban J connectivity index is 2.06. The molecular formula is C12H13F2IN2O. The SMILES string of the molecule is O=C(Nc1cc(F)c(I)c(F)c1)C1CCCCN1. The predicted octanol–water partition coefficient (Wildman–Crippen LogP) is 2.65. The van der Waals surface area contributed by atoms with Crippen molar-refractivity contribution < 1.29 is 13.6 Å². The summed E-state index contributed by atoms with van der Waals surface area (Å²) >= 11 is 1.59. The highest BCUT2D eigenvalue weighted by Crippen LogP contribution is 2.21. The zero-order chi connectivity index (χ0) is 13.1. The molecule has 1 unspecified atom stereocenters. The molecule has 0 aromatic heterocycles. The number of rotatable bonds is 2. The summed E-state index contributed by atoms with van der Waals surface area (Å²) < 4.78 is 26.6. The van der Waals surface area contributed by atoms with Crippen molar-refractivity contribution in [3.8, 4) is 0 Å². The summed E-state index contributed by atoms with van der Waals surface area (Å²) in [7, 11) is 0. The molecule has 2 rings (SSSR count). The van der Waals surface area contributed by atoms with Crippen molar-refractivity contribution in [1.82, 2.24) is 5.32 Å². The highest BCUT2D eigenvalue weighted by molar-refractivity contribution is 14.1. The van der Waals surface area contributed by atoms with Crippen LogP contribution in [0.15, 0.2) is 12.1 Å². The van der Waals surface area contributed by atoms with Crippen molar-refractivity contribution in [2.45, 2.75) is 25.3 Å². The van der Waals surface area contributed by atoms with Gasteiger partial charge in [-0.3, -0.25) is 4.79 Å². The number of nitrogens with one attached hydrogen (secondary N) is 2. The number of benzene rings is 1. The van der Waals surface area contributed by atoms with E-state index in [4.69, 9.17) is 0 Å². The first-order valence-corrected chi connectivity index (χ1v) is 6.84. The zero-order valence-electron chi connectivity index (χ0n) is 9.60. The molecule has 0 bridgehead atoms. The predicted molar refractivity (Wildman–Crippen MR) is 73.3 cm³/mol. The lowest BCUT2D eigenvalue weighted by Gasteiger charge is -2.22. The molecule has 1 amide bonds. The average molecular weight is 366 g/mol. The van der Waals surface area contributed by atoms with E-state index >= 15 is 0 Å². The van der Waals surface area contributed by atoms with Crippen LogP contribution in [0.5, 0.6) is 0 Å². The molecule has 1 aromatic carbocycles. The number of carbonyl (C=O) groups is 1. The van der Waals surface area contributed by atoms with Crippen LogP contribution in [0.3, 0.4) is 0 Å². The van der Waals surface area contributed by atoms with Gasteiger partial charge in [0.05, 0.1) is 9.61 Å². The van der Waals surface area contributed by atoms with Crippen LogP contribution in [0, 0.1) is 15.2 Å². The van der Waals surface area contributed by atoms with Crippen LogP contribution >= 0.6 is 22.6 Å². The van der Waals surface area contributed by atoms with Gasteiger partial charge in [0, 0.05) is 5.69 Å². The van der Waals surface area contributed by atoms with Gasteiger partial charge in [0.25, 0.3) is 0 Å². The Morgan fingerprint density at radius 1 is 1.33 bits per heavy atom. The van der Waals surface area contributed by atoms with Crippen molar-refractivity contribution in [2.75, 3.05) is 11.9 Å². The van der Waals surface area contributed by atoms with Crippen LogP contribution in [0.25, 0.3) is 0 Å². The number of hydrogen-bond acceptors (Lipinski definition) is 2. The lowest BCUT2D eigenvalue weighted by molar-refractivity contribution is -0.118. The third kappa shape index (κ3) is 3.17. The van der Waals surface area contributed by atoms with E-state index < -0.39 is 11.6 Å². The van der Waals surface area contributed by atoms with E-state index in [1.807, 2.05) is 0 Å². The lowest BCUT2D eigenvalue weighted by atomic mass is 10.0. The molecule has 0 aliphatic carbocycles. The van der Waals surface area contributed by atoms with Crippen molar-refractivity contribution in [3.63, 3.8) is 0 Å². The lowest BCUT2D eigenvalue weighted by Crippen LogP contribution is -2.43. The largest absolute Gasteiger partial charge is 0.325 e. The molecule has 0 saturated carbocycles. The molecule has 0 radical (unpaired) electrons. The number of halogens is 3. The molecule has 1 saturated heterocycles. The van der Waals surface area contributed by atoms with E-state index in [0.29, 0.717) is 0 Å². The molecule has 1 fully saturated rings. The van der Waals surface area contributed by atoms with Gasteiger partial charge in [-0.1, -0.05) is 6.42 Å². The van der Waals surface area contributed by atoms with Gasteiger partial charge in [-0.2, -0.15) is 0 Å². The quantitative estimate of drug-likeness (QED) is 0.624. The molecule has 1 aromatic rings. The number of anilines is 1. The Bertz CT molecular complexity index is 438. The number of amides is 1. The number of hydrogen-bond donors (Lipinski definition) is 2. The van der Waals surface area contributed by atoms with Gasteiger partial charge < -0.3 is 10.6 Å². The first-order chi connectivity index (χ1) is 8.58. The molecule has 1 atom stereocenters. The van der Waals surface area contributed by atoms with E-state index in [1.54, 1.807) is 22.6 Å². The Morgan fingerprint density at radius 2 is 2.00 bits per heavy atom. The topological polar surface area (TPSA) is 41.1 Å². The minimum atomic E-state index is -0.664. The number of carbonyl (C=O) groups excluding carboxylic acids is 1. The first-order valence-electron chi connectivity index (χ1n) is 5.76. The second-order valence-corrected chi connectivity index (χ2v) is 5.32. The molecule has 18 heavy (non-hydrogen) atoms. The normalized spacial score (nSPS) is 19.6. The van der Waals surface area contributed by atoms with Gasteiger partial charge in [0.15, 0.2) is 0 Å². The van der Waals surface area contributed by atoms with Crippen LogP contribution in [0.1, 0.15) is 19.3 Å². The van der Waals surface area contributed by atoms with E-state index in [1.165, 1.54) is 0 Å². The van der Waals surface area contributed by atoms with Gasteiger partial charge >= 0.3 is 0 Å². The van der Waals surface area contributed by atoms with E-state index in [9.17, 15) is 13.6 Å². The van der Waals surface area contributed by atoms with Crippen LogP contribution in [-0.2, 0) is 4.79 Å². The highest BCUT2D eigenvalue weighted by atomic mass is 127. The highest BCUT2D eigenvalue weighted by Gasteiger charge is 2.21. The molecular weight excluding hydrogens is 353 g/mol. The van der Waals surface area contributed by atoms with E-state index in [2.05, 4.69) is 10.6 Å². The minimum absolute atomic E-state index is 0.0682. The second-order valence-electron chi connectivity index (χ2n) is 4.25. The van der Waals surface area contributed by atoms with Crippen LogP contribution in [0.4, 0.5) is 14.5 Å². The van der Waals surface area contributed by atoms with Gasteiger partial charge in [-0.15, -0.1) is 0 Å². The van der Waals surface area contributed by atoms with E-state index in [-0.39, 0.29) is 21.2 Å². The maximum atomic E-state index is 13.3. The average Bonchev–Trinajstić information content (AvgIpc) is 2.37. The van der Waals surface area contributed by atoms with Gasteiger partial charge in [-0.25, -0.2) is 8.78 Å². The smallest absolute Gasteiger partial charge is 0.241 e. The third-order valence-electron chi connectivity index (χ3n) is 2.88. The van der Waals surface area contributed by atoms with Crippen LogP contribution in [-0.4, -0.2) is 18.5 Å². The molecule has 3 nitrogen and oxygen atoms in total. The summed E-state index contributed by atoms with van der Waals surface area (Å²) in [6.07, 6.45) is 2.79. The summed E-state index contributed by atoms with van der Waals surface area (Å²) in [5.41, 5.74) is 0.155. The molecule has 1 aliphatic heterocycles. The molecule has 6 heteroatoms. The summed E-state index contributed by atoms with van der Waals surface area (Å²) in [4.78, 5) is 11.9. The molecule has 1 aliphatic rings. The first kappa shape index (κ1) is 13.7. The van der Waals surface area contributed by atoms with Crippen LogP contribution in [0.2, 0.25) is 0 Å². The van der Waals surface area contributed by atoms with Gasteiger partial charge in [0.2, 0.25) is 5.91 Å². The van der Waals surface area contributed by atoms with Crippen molar-refractivity contribution in [1.29, 1.82) is 0 Å². The summed E-state index contributed by atoms with van der Waals surface area (Å²) in [5.74, 6) is -1.57. The Morgan fingerprint density at radius 3 is 2.56 bits per heavy atom. The van der Waals surface area contributed by atoms with Crippen molar-refractivity contribution >= 4 is 34.2 Å². The van der Waals surface area contributed by atoms with Crippen molar-refractivity contribution in [3.05, 3.63) is 27.3 Å². The fraction of sp³-hybridized carbons (Fsp3) is 0.417. The summed E-state index contributed by atoms with van der Waals surface area (Å²) in [6.45, 7) is 0.799. The maximum Gasteiger partial charge on any atom is 0.241 e. The fourth-order valence-electron chi connectivity index (χ4n) is 1.93. The maximum absolute atomic E-state index is 13.3. The zero-order valence-corrected chi connectivity index (χ0v) is 11.8. The molecule has 1 heterocycles. The Labute approximate surface area is 117 Å². The number of piperidine rings is 1. The van der Waals surface area contributed by atoms with Crippen molar-refractivity contribution in [2.24, 2.45) is 0 Å². The molecule has 2 N–H and O–H groups in total. The monoisotopic (exact) mass is 366 g/mol. The molecule has 98 valence electrons. The second kappa shape index (κ2) is 5.92. The van der Waals surface area contributed by atoms with Crippen LogP contribution < -0.4 is 10.6 Å². The van der Waals surface area contributed by atoms with Gasteiger partial charge in [-0.05, 0) is 54.1 Å². The third-order valence-corrected chi connectivity index (χ3v) is 3.91. The standard InChI is InChI=1S/C12H13F2IN2O/c13-8-5-7(6-9(14)11(8)15)17-12(18)10-3-1-2-4-16-10/h5-6,10,16H,1-4H2,(H,17,18). The summed E-state index contributed by atoms with van der Waals surface area (Å²) in [5, 5.41) is 5.61. The minimum Gasteiger partial charge on any atom is -0.325 e. The molecule has 0 spiro atoms. The summed E-state index contributed by atoms with van der Waals surface area (Å²) in [6, 6.07) is 1.99. The van der Waals surface area contributed by atoms with E-state index in [0.717, 1.165) is 37.9 Å².